The van der Waals surface area contributed by atoms with Crippen molar-refractivity contribution in [2.75, 3.05) is 13.2 Å². The molecular formula is C21H22N2O4. The van der Waals surface area contributed by atoms with Gasteiger partial charge in [-0.2, -0.15) is 0 Å². The molecule has 0 aliphatic carbocycles. The topological polar surface area (TPSA) is 87.5 Å². The Morgan fingerprint density at radius 3 is 2.81 bits per heavy atom. The molecule has 1 unspecified atom stereocenters. The molecule has 0 radical (unpaired) electrons. The monoisotopic (exact) mass is 366 g/mol. The minimum atomic E-state index is -0.611. The van der Waals surface area contributed by atoms with E-state index in [9.17, 15) is 9.90 Å². The number of benzene rings is 2. The van der Waals surface area contributed by atoms with Gasteiger partial charge in [-0.3, -0.25) is 4.79 Å². The number of ether oxygens (including phenoxy) is 1. The Hall–Kier alpha value is -2.83. The Morgan fingerprint density at radius 1 is 1.19 bits per heavy atom. The first kappa shape index (κ1) is 17.6. The SMILES string of the molecule is CC(C)NCC(O)COc1ccc2c(c1)[nH]c(=O)c1c3ccccc3oc21. The number of hydrogen-bond donors (Lipinski definition) is 3. The lowest BCUT2D eigenvalue weighted by molar-refractivity contribution is 0.105. The van der Waals surface area contributed by atoms with Crippen LogP contribution in [0.15, 0.2) is 51.7 Å². The Bertz CT molecular complexity index is 1160. The highest BCUT2D eigenvalue weighted by molar-refractivity contribution is 6.13. The molecule has 1 atom stereocenters. The van der Waals surface area contributed by atoms with Crippen LogP contribution in [0.25, 0.3) is 32.8 Å². The zero-order valence-corrected chi connectivity index (χ0v) is 15.3. The molecular weight excluding hydrogens is 344 g/mol. The van der Waals surface area contributed by atoms with Gasteiger partial charge in [0, 0.05) is 29.4 Å². The van der Waals surface area contributed by atoms with E-state index in [0.29, 0.717) is 40.4 Å². The largest absolute Gasteiger partial charge is 0.491 e. The molecule has 0 saturated carbocycles. The van der Waals surface area contributed by atoms with E-state index in [1.165, 1.54) is 0 Å². The highest BCUT2D eigenvalue weighted by atomic mass is 16.5. The molecule has 0 aliphatic heterocycles. The van der Waals surface area contributed by atoms with Crippen molar-refractivity contribution >= 4 is 32.8 Å². The summed E-state index contributed by atoms with van der Waals surface area (Å²) in [6.07, 6.45) is -0.611. The van der Waals surface area contributed by atoms with E-state index in [1.807, 2.05) is 50.2 Å². The molecule has 4 aromatic rings. The van der Waals surface area contributed by atoms with Gasteiger partial charge in [0.15, 0.2) is 0 Å². The van der Waals surface area contributed by atoms with E-state index in [2.05, 4.69) is 10.3 Å². The third-order valence-corrected chi connectivity index (χ3v) is 4.51. The highest BCUT2D eigenvalue weighted by Gasteiger charge is 2.14. The summed E-state index contributed by atoms with van der Waals surface area (Å²) in [6.45, 7) is 4.67. The summed E-state index contributed by atoms with van der Waals surface area (Å²) in [6, 6.07) is 13.2. The number of nitrogens with one attached hydrogen (secondary N) is 2. The van der Waals surface area contributed by atoms with Crippen LogP contribution < -0.4 is 15.6 Å². The van der Waals surface area contributed by atoms with Crippen LogP contribution in [0.3, 0.4) is 0 Å². The molecule has 0 fully saturated rings. The fourth-order valence-corrected chi connectivity index (χ4v) is 3.18. The Kier molecular flexibility index (Phi) is 4.59. The summed E-state index contributed by atoms with van der Waals surface area (Å²) >= 11 is 0. The molecule has 0 spiro atoms. The first-order chi connectivity index (χ1) is 13.0. The summed E-state index contributed by atoms with van der Waals surface area (Å²) in [5, 5.41) is 15.3. The fraction of sp³-hybridized carbons (Fsp3) is 0.286. The average Bonchev–Trinajstić information content (AvgIpc) is 3.05. The molecule has 6 heteroatoms. The van der Waals surface area contributed by atoms with Gasteiger partial charge < -0.3 is 24.6 Å². The quantitative estimate of drug-likeness (QED) is 0.488. The molecule has 2 aromatic carbocycles. The van der Waals surface area contributed by atoms with Crippen LogP contribution in [0.1, 0.15) is 13.8 Å². The van der Waals surface area contributed by atoms with Gasteiger partial charge in [0.2, 0.25) is 0 Å². The second kappa shape index (κ2) is 7.06. The second-order valence-electron chi connectivity index (χ2n) is 6.99. The fourth-order valence-electron chi connectivity index (χ4n) is 3.18. The van der Waals surface area contributed by atoms with E-state index in [-0.39, 0.29) is 12.2 Å². The summed E-state index contributed by atoms with van der Waals surface area (Å²) in [4.78, 5) is 15.5. The van der Waals surface area contributed by atoms with Crippen molar-refractivity contribution in [1.29, 1.82) is 0 Å². The maximum atomic E-state index is 12.6. The predicted octanol–water partition coefficient (Wildman–Crippen LogP) is 3.17. The molecule has 0 bridgehead atoms. The lowest BCUT2D eigenvalue weighted by atomic mass is 10.1. The van der Waals surface area contributed by atoms with Gasteiger partial charge in [0.25, 0.3) is 5.56 Å². The van der Waals surface area contributed by atoms with Gasteiger partial charge in [-0.05, 0) is 18.2 Å². The number of rotatable bonds is 6. The standard InChI is InChI=1S/C21H22N2O4/c1-12(2)22-10-13(24)11-26-14-7-8-15-17(9-14)23-21(25)19-16-5-3-4-6-18(16)27-20(15)19/h3-9,12-13,22,24H,10-11H2,1-2H3,(H,23,25). The lowest BCUT2D eigenvalue weighted by Crippen LogP contribution is -2.35. The number of hydrogen-bond acceptors (Lipinski definition) is 5. The minimum Gasteiger partial charge on any atom is -0.491 e. The zero-order valence-electron chi connectivity index (χ0n) is 15.3. The number of aromatic nitrogens is 1. The molecule has 2 heterocycles. The molecule has 27 heavy (non-hydrogen) atoms. The number of aromatic amines is 1. The first-order valence-corrected chi connectivity index (χ1v) is 9.04. The van der Waals surface area contributed by atoms with E-state index >= 15 is 0 Å². The van der Waals surface area contributed by atoms with Gasteiger partial charge in [-0.25, -0.2) is 0 Å². The van der Waals surface area contributed by atoms with Crippen molar-refractivity contribution in [2.45, 2.75) is 26.0 Å². The van der Waals surface area contributed by atoms with Crippen LogP contribution in [0.2, 0.25) is 0 Å². The molecule has 4 rings (SSSR count). The molecule has 140 valence electrons. The minimum absolute atomic E-state index is 0.169. The maximum Gasteiger partial charge on any atom is 0.260 e. The number of pyridine rings is 1. The molecule has 3 N–H and O–H groups in total. The molecule has 0 saturated heterocycles. The van der Waals surface area contributed by atoms with Gasteiger partial charge in [0.05, 0.1) is 10.9 Å². The summed E-state index contributed by atoms with van der Waals surface area (Å²) in [5.41, 5.74) is 1.70. The summed E-state index contributed by atoms with van der Waals surface area (Å²) in [7, 11) is 0. The van der Waals surface area contributed by atoms with Crippen molar-refractivity contribution in [3.05, 3.63) is 52.8 Å². The van der Waals surface area contributed by atoms with Crippen molar-refractivity contribution in [1.82, 2.24) is 10.3 Å². The third kappa shape index (κ3) is 3.41. The zero-order chi connectivity index (χ0) is 19.0. The Labute approximate surface area is 155 Å². The molecule has 0 amide bonds. The number of aliphatic hydroxyl groups excluding tert-OH is 1. The normalized spacial score (nSPS) is 13.0. The van der Waals surface area contributed by atoms with Crippen molar-refractivity contribution in [3.8, 4) is 5.75 Å². The van der Waals surface area contributed by atoms with Crippen LogP contribution in [0, 0.1) is 0 Å². The molecule has 6 nitrogen and oxygen atoms in total. The number of aliphatic hydroxyl groups is 1. The Morgan fingerprint density at radius 2 is 2.00 bits per heavy atom. The van der Waals surface area contributed by atoms with E-state index in [1.54, 1.807) is 6.07 Å². The maximum absolute atomic E-state index is 12.6. The third-order valence-electron chi connectivity index (χ3n) is 4.51. The van der Waals surface area contributed by atoms with Crippen molar-refractivity contribution < 1.29 is 14.3 Å². The van der Waals surface area contributed by atoms with Crippen molar-refractivity contribution in [2.24, 2.45) is 0 Å². The van der Waals surface area contributed by atoms with Gasteiger partial charge >= 0.3 is 0 Å². The van der Waals surface area contributed by atoms with Crippen LogP contribution in [0.4, 0.5) is 0 Å². The second-order valence-corrected chi connectivity index (χ2v) is 6.99. The molecule has 0 aliphatic rings. The van der Waals surface area contributed by atoms with E-state index in [4.69, 9.17) is 9.15 Å². The van der Waals surface area contributed by atoms with Crippen LogP contribution in [-0.2, 0) is 0 Å². The van der Waals surface area contributed by atoms with Crippen molar-refractivity contribution in [3.63, 3.8) is 0 Å². The Balaban J connectivity index is 1.66. The highest BCUT2D eigenvalue weighted by Crippen LogP contribution is 2.31. The summed E-state index contributed by atoms with van der Waals surface area (Å²) in [5.74, 6) is 0.581. The van der Waals surface area contributed by atoms with Gasteiger partial charge in [-0.15, -0.1) is 0 Å². The number of H-pyrrole nitrogens is 1. The smallest absolute Gasteiger partial charge is 0.260 e. The number of furan rings is 1. The van der Waals surface area contributed by atoms with Crippen LogP contribution in [-0.4, -0.2) is 35.4 Å². The van der Waals surface area contributed by atoms with Crippen LogP contribution in [0.5, 0.6) is 5.75 Å². The van der Waals surface area contributed by atoms with E-state index < -0.39 is 6.10 Å². The lowest BCUT2D eigenvalue weighted by Gasteiger charge is -2.15. The van der Waals surface area contributed by atoms with E-state index in [0.717, 1.165) is 10.8 Å². The number of fused-ring (bicyclic) bond motifs is 5. The van der Waals surface area contributed by atoms with Gasteiger partial charge in [0.1, 0.15) is 29.6 Å². The average molecular weight is 366 g/mol. The summed E-state index contributed by atoms with van der Waals surface area (Å²) < 4.78 is 11.6. The number of para-hydroxylation sites is 1. The van der Waals surface area contributed by atoms with Gasteiger partial charge in [-0.1, -0.05) is 32.0 Å². The predicted molar refractivity (Wildman–Crippen MR) is 106 cm³/mol. The molecule has 2 aromatic heterocycles. The van der Waals surface area contributed by atoms with Crippen LogP contribution >= 0.6 is 0 Å². The first-order valence-electron chi connectivity index (χ1n) is 9.04.